The highest BCUT2D eigenvalue weighted by Gasteiger charge is 2.29. The van der Waals surface area contributed by atoms with Crippen molar-refractivity contribution in [2.45, 2.75) is 46.2 Å². The van der Waals surface area contributed by atoms with E-state index in [0.29, 0.717) is 17.6 Å². The van der Waals surface area contributed by atoms with Crippen molar-refractivity contribution in [3.63, 3.8) is 0 Å². The van der Waals surface area contributed by atoms with Crippen molar-refractivity contribution < 1.29 is 19.1 Å². The third-order valence-corrected chi connectivity index (χ3v) is 2.76. The van der Waals surface area contributed by atoms with Crippen molar-refractivity contribution >= 4 is 18.6 Å². The summed E-state index contributed by atoms with van der Waals surface area (Å²) >= 11 is 0. The molecule has 19 heavy (non-hydrogen) atoms. The van der Waals surface area contributed by atoms with Crippen LogP contribution in [0, 0.1) is 17.0 Å². The average Bonchev–Trinajstić information content (AvgIpc) is 2.33. The number of carbonyl (C=O) groups excluding carboxylic acids is 2. The van der Waals surface area contributed by atoms with Gasteiger partial charge in [-0.2, -0.15) is 4.74 Å². The zero-order valence-electron chi connectivity index (χ0n) is 12.3. The summed E-state index contributed by atoms with van der Waals surface area (Å²) in [4.78, 5) is 22.1. The highest BCUT2D eigenvalue weighted by Crippen LogP contribution is 2.10. The number of hydrogen-bond acceptors (Lipinski definition) is 4. The van der Waals surface area contributed by atoms with E-state index < -0.39 is 18.1 Å². The summed E-state index contributed by atoms with van der Waals surface area (Å²) in [6, 6.07) is -1.28. The second-order valence-corrected chi connectivity index (χ2v) is 5.23. The molecule has 0 heterocycles. The molecule has 0 spiro atoms. The number of esters is 1. The molecule has 0 aliphatic carbocycles. The van der Waals surface area contributed by atoms with E-state index in [2.05, 4.69) is 10.1 Å². The van der Waals surface area contributed by atoms with Gasteiger partial charge in [0.05, 0.1) is 7.11 Å². The molecule has 0 saturated heterocycles. The number of nitrogens with one attached hydrogen (secondary N) is 1. The molecule has 0 unspecified atom stereocenters. The SMILES string of the molecule is COC(=O)[C@H](CC(C)C)/[N+]([O-])=C/[C@@H](NC=O)C(C)C. The van der Waals surface area contributed by atoms with E-state index in [9.17, 15) is 14.8 Å². The molecule has 0 bridgehead atoms. The third-order valence-electron chi connectivity index (χ3n) is 2.76. The monoisotopic (exact) mass is 272 g/mol. The lowest BCUT2D eigenvalue weighted by molar-refractivity contribution is -0.488. The van der Waals surface area contributed by atoms with Crippen LogP contribution in [-0.4, -0.2) is 42.5 Å². The summed E-state index contributed by atoms with van der Waals surface area (Å²) < 4.78 is 5.24. The fourth-order valence-corrected chi connectivity index (χ4v) is 1.63. The Hall–Kier alpha value is -1.59. The molecule has 0 aliphatic rings. The van der Waals surface area contributed by atoms with Crippen LogP contribution in [0.15, 0.2) is 0 Å². The first-order chi connectivity index (χ1) is 8.83. The van der Waals surface area contributed by atoms with Gasteiger partial charge < -0.3 is 15.3 Å². The molecule has 0 aromatic heterocycles. The molecule has 0 saturated carbocycles. The Morgan fingerprint density at radius 3 is 2.32 bits per heavy atom. The number of hydrogen-bond donors (Lipinski definition) is 1. The van der Waals surface area contributed by atoms with Gasteiger partial charge in [-0.25, -0.2) is 4.79 Å². The molecule has 0 aromatic rings. The van der Waals surface area contributed by atoms with E-state index in [1.165, 1.54) is 13.3 Å². The van der Waals surface area contributed by atoms with Crippen LogP contribution in [-0.2, 0) is 14.3 Å². The van der Waals surface area contributed by atoms with Crippen LogP contribution in [0.3, 0.4) is 0 Å². The summed E-state index contributed by atoms with van der Waals surface area (Å²) in [5, 5.41) is 14.6. The molecule has 1 N–H and O–H groups in total. The standard InChI is InChI=1S/C13H24N2O4/c1-9(2)6-12(13(17)19-5)15(18)7-11(10(3)4)14-8-16/h7-12H,6H2,1-5H3,(H,14,16)/b15-7-/t11-,12+/m1/s1. The highest BCUT2D eigenvalue weighted by molar-refractivity contribution is 5.75. The van der Waals surface area contributed by atoms with Crippen LogP contribution in [0.1, 0.15) is 34.1 Å². The maximum atomic E-state index is 12.1. The van der Waals surface area contributed by atoms with Gasteiger partial charge in [0.25, 0.3) is 6.04 Å². The van der Waals surface area contributed by atoms with Crippen molar-refractivity contribution in [1.82, 2.24) is 5.32 Å². The topological polar surface area (TPSA) is 81.5 Å². The Kier molecular flexibility index (Phi) is 7.79. The second-order valence-electron chi connectivity index (χ2n) is 5.23. The van der Waals surface area contributed by atoms with Crippen LogP contribution in [0.2, 0.25) is 0 Å². The minimum Gasteiger partial charge on any atom is -0.623 e. The van der Waals surface area contributed by atoms with Crippen LogP contribution in [0.5, 0.6) is 0 Å². The smallest absolute Gasteiger partial charge is 0.376 e. The van der Waals surface area contributed by atoms with Gasteiger partial charge in [-0.05, 0) is 11.8 Å². The number of methoxy groups -OCH3 is 1. The molecule has 0 fully saturated rings. The number of hydroxylamine groups is 1. The van der Waals surface area contributed by atoms with E-state index in [-0.39, 0.29) is 11.8 Å². The molecule has 1 amide bonds. The van der Waals surface area contributed by atoms with Gasteiger partial charge in [-0.3, -0.25) is 4.79 Å². The van der Waals surface area contributed by atoms with Gasteiger partial charge in [0.1, 0.15) is 6.04 Å². The lowest BCUT2D eigenvalue weighted by Gasteiger charge is -2.20. The van der Waals surface area contributed by atoms with Crippen LogP contribution in [0.25, 0.3) is 0 Å². The lowest BCUT2D eigenvalue weighted by Crippen LogP contribution is -2.41. The first kappa shape index (κ1) is 17.4. The molecule has 0 radical (unpaired) electrons. The van der Waals surface area contributed by atoms with Gasteiger partial charge in [0, 0.05) is 6.42 Å². The van der Waals surface area contributed by atoms with Crippen molar-refractivity contribution in [3.05, 3.63) is 5.21 Å². The van der Waals surface area contributed by atoms with Gasteiger partial charge in [-0.1, -0.05) is 27.7 Å². The van der Waals surface area contributed by atoms with E-state index in [1.807, 2.05) is 27.7 Å². The van der Waals surface area contributed by atoms with E-state index in [0.717, 1.165) is 0 Å². The average molecular weight is 272 g/mol. The Labute approximate surface area is 114 Å². The predicted molar refractivity (Wildman–Crippen MR) is 72.8 cm³/mol. The van der Waals surface area contributed by atoms with Gasteiger partial charge >= 0.3 is 5.97 Å². The van der Waals surface area contributed by atoms with E-state index in [4.69, 9.17) is 0 Å². The van der Waals surface area contributed by atoms with Crippen molar-refractivity contribution in [2.24, 2.45) is 11.8 Å². The number of amides is 1. The zero-order chi connectivity index (χ0) is 15.0. The van der Waals surface area contributed by atoms with Crippen molar-refractivity contribution in [3.8, 4) is 0 Å². The molecule has 0 rings (SSSR count). The molecule has 6 heteroatoms. The number of nitrogens with zero attached hydrogens (tertiary/aromatic N) is 1. The van der Waals surface area contributed by atoms with Crippen LogP contribution in [0.4, 0.5) is 0 Å². The fourth-order valence-electron chi connectivity index (χ4n) is 1.63. The maximum Gasteiger partial charge on any atom is 0.376 e. The Balaban J connectivity index is 5.07. The van der Waals surface area contributed by atoms with Crippen molar-refractivity contribution in [2.75, 3.05) is 7.11 Å². The summed E-state index contributed by atoms with van der Waals surface area (Å²) in [6.45, 7) is 7.60. The Bertz CT molecular complexity index is 327. The molecule has 2 atom stereocenters. The second kappa shape index (κ2) is 8.50. The Morgan fingerprint density at radius 1 is 1.37 bits per heavy atom. The summed E-state index contributed by atoms with van der Waals surface area (Å²) in [6.07, 6.45) is 2.27. The van der Waals surface area contributed by atoms with Crippen LogP contribution >= 0.6 is 0 Å². The first-order valence-corrected chi connectivity index (χ1v) is 6.41. The largest absolute Gasteiger partial charge is 0.623 e. The van der Waals surface area contributed by atoms with Crippen molar-refractivity contribution in [1.29, 1.82) is 0 Å². The number of ether oxygens (including phenoxy) is 1. The molecule has 110 valence electrons. The minimum absolute atomic E-state index is 0.0546. The zero-order valence-corrected chi connectivity index (χ0v) is 12.3. The van der Waals surface area contributed by atoms with Gasteiger partial charge in [-0.15, -0.1) is 0 Å². The summed E-state index contributed by atoms with van der Waals surface area (Å²) in [5.74, 6) is -0.321. The highest BCUT2D eigenvalue weighted by atomic mass is 16.5. The fraction of sp³-hybridized carbons (Fsp3) is 0.769. The lowest BCUT2D eigenvalue weighted by atomic mass is 10.0. The number of rotatable bonds is 8. The maximum absolute atomic E-state index is 12.1. The predicted octanol–water partition coefficient (Wildman–Crippen LogP) is 0.926. The van der Waals surface area contributed by atoms with Gasteiger partial charge in [0.2, 0.25) is 6.41 Å². The van der Waals surface area contributed by atoms with Gasteiger partial charge in [0.15, 0.2) is 6.21 Å². The third kappa shape index (κ3) is 6.22. The quantitative estimate of drug-likeness (QED) is 0.178. The molecule has 0 aliphatic heterocycles. The molecule has 6 nitrogen and oxygen atoms in total. The normalized spacial score (nSPS) is 15.2. The van der Waals surface area contributed by atoms with E-state index in [1.54, 1.807) is 0 Å². The van der Waals surface area contributed by atoms with Crippen LogP contribution < -0.4 is 5.32 Å². The Morgan fingerprint density at radius 2 is 1.95 bits per heavy atom. The minimum atomic E-state index is -0.875. The summed E-state index contributed by atoms with van der Waals surface area (Å²) in [7, 11) is 1.26. The van der Waals surface area contributed by atoms with E-state index >= 15 is 0 Å². The molecular weight excluding hydrogens is 248 g/mol. The molecular formula is C13H24N2O4. The molecule has 0 aromatic carbocycles. The number of carbonyl (C=O) groups is 2. The first-order valence-electron chi connectivity index (χ1n) is 6.41. The summed E-state index contributed by atoms with van der Waals surface area (Å²) in [5.41, 5.74) is 0.